The minimum Gasteiger partial charge on any atom is -0.465 e. The second kappa shape index (κ2) is 8.65. The first kappa shape index (κ1) is 22.2. The molecule has 0 amide bonds. The molecule has 0 saturated carbocycles. The minimum atomic E-state index is -3.72. The Morgan fingerprint density at radius 3 is 2.59 bits per heavy atom. The maximum Gasteiger partial charge on any atom is 0.337 e. The van der Waals surface area contributed by atoms with Gasteiger partial charge < -0.3 is 10.1 Å². The fourth-order valence-electron chi connectivity index (χ4n) is 4.94. The summed E-state index contributed by atoms with van der Waals surface area (Å²) in [4.78, 5) is 12.0. The molecular weight excluding hydrogens is 448 g/mol. The van der Waals surface area contributed by atoms with Crippen LogP contribution in [0.3, 0.4) is 0 Å². The number of nitrogens with one attached hydrogen (secondary N) is 2. The van der Waals surface area contributed by atoms with Gasteiger partial charge in [-0.25, -0.2) is 13.2 Å². The molecule has 0 unspecified atom stereocenters. The molecule has 3 aromatic rings. The van der Waals surface area contributed by atoms with Gasteiger partial charge in [0.15, 0.2) is 0 Å². The lowest BCUT2D eigenvalue weighted by Gasteiger charge is -2.37. The summed E-state index contributed by atoms with van der Waals surface area (Å²) in [5, 5.41) is 3.61. The van der Waals surface area contributed by atoms with Gasteiger partial charge in [0.25, 0.3) is 10.0 Å². The summed E-state index contributed by atoms with van der Waals surface area (Å²) in [7, 11) is -2.35. The third-order valence-corrected chi connectivity index (χ3v) is 7.98. The topological polar surface area (TPSA) is 84.5 Å². The van der Waals surface area contributed by atoms with Gasteiger partial charge in [0.1, 0.15) is 0 Å². The number of carbonyl (C=O) groups is 1. The van der Waals surface area contributed by atoms with Crippen LogP contribution in [0.25, 0.3) is 0 Å². The number of hydrogen-bond donors (Lipinski definition) is 2. The van der Waals surface area contributed by atoms with Crippen molar-refractivity contribution in [2.45, 2.75) is 30.2 Å². The molecule has 34 heavy (non-hydrogen) atoms. The lowest BCUT2D eigenvalue weighted by molar-refractivity contribution is 0.0600. The van der Waals surface area contributed by atoms with Gasteiger partial charge in [0.2, 0.25) is 0 Å². The molecule has 3 atom stereocenters. The Balaban J connectivity index is 1.45. The van der Waals surface area contributed by atoms with Crippen LogP contribution in [-0.2, 0) is 14.8 Å². The lowest BCUT2D eigenvalue weighted by Crippen LogP contribution is -2.29. The summed E-state index contributed by atoms with van der Waals surface area (Å²) in [6, 6.07) is 20.1. The number of fused-ring (bicyclic) bond motifs is 3. The van der Waals surface area contributed by atoms with E-state index in [9.17, 15) is 13.2 Å². The summed E-state index contributed by atoms with van der Waals surface area (Å²) in [5.74, 6) is -0.00302. The molecule has 3 aromatic carbocycles. The van der Waals surface area contributed by atoms with Gasteiger partial charge in [-0.3, -0.25) is 4.72 Å². The van der Waals surface area contributed by atoms with E-state index in [2.05, 4.69) is 22.2 Å². The van der Waals surface area contributed by atoms with E-state index < -0.39 is 10.0 Å². The van der Waals surface area contributed by atoms with E-state index in [-0.39, 0.29) is 28.7 Å². The van der Waals surface area contributed by atoms with Gasteiger partial charge in [-0.2, -0.15) is 0 Å². The summed E-state index contributed by atoms with van der Waals surface area (Å²) >= 11 is 0. The third kappa shape index (κ3) is 4.07. The smallest absolute Gasteiger partial charge is 0.337 e. The molecule has 2 aliphatic rings. The number of aryl methyl sites for hydroxylation is 1. The number of sulfonamides is 1. The molecule has 0 spiro atoms. The van der Waals surface area contributed by atoms with Crippen molar-refractivity contribution in [1.29, 1.82) is 0 Å². The molecule has 1 aliphatic heterocycles. The first-order chi connectivity index (χ1) is 16.4. The molecule has 1 heterocycles. The molecule has 7 heteroatoms. The highest BCUT2D eigenvalue weighted by Gasteiger charge is 2.38. The highest BCUT2D eigenvalue weighted by Crippen LogP contribution is 2.50. The van der Waals surface area contributed by atoms with E-state index in [1.54, 1.807) is 30.3 Å². The molecule has 6 nitrogen and oxygen atoms in total. The predicted octanol–water partition coefficient (Wildman–Crippen LogP) is 5.41. The molecule has 174 valence electrons. The SMILES string of the molecule is COC(=O)c1ccc([C@@H]2Nc3ccc(S(=O)(=O)Nc4cccc(C)c4)cc3[C@@H]3C=CC[C@@H]32)cc1. The van der Waals surface area contributed by atoms with Crippen LogP contribution in [0.4, 0.5) is 11.4 Å². The molecule has 0 bridgehead atoms. The fourth-order valence-corrected chi connectivity index (χ4v) is 6.02. The molecule has 0 aromatic heterocycles. The van der Waals surface area contributed by atoms with E-state index in [1.165, 1.54) is 7.11 Å². The van der Waals surface area contributed by atoms with Crippen LogP contribution in [0, 0.1) is 12.8 Å². The second-order valence-electron chi connectivity index (χ2n) is 8.81. The number of allylic oxidation sites excluding steroid dienone is 2. The zero-order chi connectivity index (χ0) is 23.9. The summed E-state index contributed by atoms with van der Waals surface area (Å²) < 4.78 is 33.7. The van der Waals surface area contributed by atoms with Crippen molar-refractivity contribution >= 4 is 27.4 Å². The fraction of sp³-hybridized carbons (Fsp3) is 0.222. The number of anilines is 2. The lowest BCUT2D eigenvalue weighted by atomic mass is 9.77. The molecule has 0 radical (unpaired) electrons. The van der Waals surface area contributed by atoms with Crippen molar-refractivity contribution in [2.75, 3.05) is 17.1 Å². The van der Waals surface area contributed by atoms with Crippen molar-refractivity contribution in [3.05, 3.63) is 101 Å². The van der Waals surface area contributed by atoms with E-state index in [0.29, 0.717) is 11.3 Å². The van der Waals surface area contributed by atoms with Gasteiger partial charge in [0.05, 0.1) is 23.6 Å². The monoisotopic (exact) mass is 474 g/mol. The first-order valence-corrected chi connectivity index (χ1v) is 12.7. The Morgan fingerprint density at radius 2 is 1.85 bits per heavy atom. The van der Waals surface area contributed by atoms with E-state index in [4.69, 9.17) is 4.74 Å². The molecular formula is C27H26N2O4S. The van der Waals surface area contributed by atoms with Crippen molar-refractivity contribution in [3.63, 3.8) is 0 Å². The van der Waals surface area contributed by atoms with Crippen molar-refractivity contribution in [3.8, 4) is 0 Å². The Morgan fingerprint density at radius 1 is 1.06 bits per heavy atom. The Hall–Kier alpha value is -3.58. The molecule has 0 fully saturated rings. The molecule has 2 N–H and O–H groups in total. The van der Waals surface area contributed by atoms with Crippen LogP contribution in [0.2, 0.25) is 0 Å². The average molecular weight is 475 g/mol. The number of esters is 1. The Bertz CT molecular complexity index is 1380. The number of carbonyl (C=O) groups excluding carboxylic acids is 1. The average Bonchev–Trinajstić information content (AvgIpc) is 3.33. The molecule has 0 saturated heterocycles. The number of benzene rings is 3. The number of ether oxygens (including phenoxy) is 1. The van der Waals surface area contributed by atoms with Crippen molar-refractivity contribution < 1.29 is 17.9 Å². The van der Waals surface area contributed by atoms with Crippen LogP contribution < -0.4 is 10.0 Å². The third-order valence-electron chi connectivity index (χ3n) is 6.61. The van der Waals surface area contributed by atoms with Crippen LogP contribution in [-0.4, -0.2) is 21.5 Å². The summed E-state index contributed by atoms with van der Waals surface area (Å²) in [6.07, 6.45) is 5.22. The Labute approximate surface area is 199 Å². The van der Waals surface area contributed by atoms with Crippen LogP contribution in [0.1, 0.15) is 45.4 Å². The second-order valence-corrected chi connectivity index (χ2v) is 10.5. The maximum atomic E-state index is 13.1. The van der Waals surface area contributed by atoms with Crippen LogP contribution in [0.15, 0.2) is 83.8 Å². The van der Waals surface area contributed by atoms with Gasteiger partial charge >= 0.3 is 5.97 Å². The van der Waals surface area contributed by atoms with E-state index >= 15 is 0 Å². The normalized spacial score (nSPS) is 20.7. The summed E-state index contributed by atoms with van der Waals surface area (Å²) in [5.41, 5.74) is 5.02. The largest absolute Gasteiger partial charge is 0.465 e. The first-order valence-electron chi connectivity index (χ1n) is 11.2. The number of methoxy groups -OCH3 is 1. The highest BCUT2D eigenvalue weighted by molar-refractivity contribution is 7.92. The zero-order valence-corrected chi connectivity index (χ0v) is 19.8. The predicted molar refractivity (Wildman–Crippen MR) is 133 cm³/mol. The van der Waals surface area contributed by atoms with Gasteiger partial charge in [0, 0.05) is 17.3 Å². The minimum absolute atomic E-state index is 0.0482. The standard InChI is InChI=1S/C27H26N2O4S/c1-17-5-3-6-20(15-17)29-34(31,32)21-13-14-25-24(16-21)22-7-4-8-23(22)26(28-25)18-9-11-19(12-10-18)27(30)33-2/h3-7,9-16,22-23,26,28-29H,8H2,1-2H3/t22-,23+,26+/m1/s1. The van der Waals surface area contributed by atoms with Crippen LogP contribution >= 0.6 is 0 Å². The summed E-state index contributed by atoms with van der Waals surface area (Å²) in [6.45, 7) is 1.92. The van der Waals surface area contributed by atoms with Gasteiger partial charge in [-0.1, -0.05) is 36.4 Å². The Kier molecular flexibility index (Phi) is 5.65. The molecule has 5 rings (SSSR count). The molecule has 1 aliphatic carbocycles. The van der Waals surface area contributed by atoms with E-state index in [0.717, 1.165) is 28.8 Å². The quantitative estimate of drug-likeness (QED) is 0.382. The number of rotatable bonds is 5. The van der Waals surface area contributed by atoms with Gasteiger partial charge in [-0.05, 0) is 78.4 Å². The number of hydrogen-bond acceptors (Lipinski definition) is 5. The highest BCUT2D eigenvalue weighted by atomic mass is 32.2. The maximum absolute atomic E-state index is 13.1. The van der Waals surface area contributed by atoms with Crippen molar-refractivity contribution in [1.82, 2.24) is 0 Å². The van der Waals surface area contributed by atoms with Gasteiger partial charge in [-0.15, -0.1) is 0 Å². The van der Waals surface area contributed by atoms with Crippen molar-refractivity contribution in [2.24, 2.45) is 5.92 Å². The zero-order valence-electron chi connectivity index (χ0n) is 19.0. The van der Waals surface area contributed by atoms with Crippen LogP contribution in [0.5, 0.6) is 0 Å². The van der Waals surface area contributed by atoms with E-state index in [1.807, 2.05) is 43.3 Å².